The van der Waals surface area contributed by atoms with Crippen molar-refractivity contribution in [3.63, 3.8) is 0 Å². The Hall–Kier alpha value is -4.36. The third-order valence-corrected chi connectivity index (χ3v) is 6.65. The van der Waals surface area contributed by atoms with E-state index in [9.17, 15) is 9.59 Å². The minimum absolute atomic E-state index is 0.347. The molecular weight excluding hydrogens is 486 g/mol. The van der Waals surface area contributed by atoms with E-state index in [1.807, 2.05) is 79.7 Å². The fourth-order valence-electron chi connectivity index (χ4n) is 3.85. The van der Waals surface area contributed by atoms with Crippen LogP contribution in [0.1, 0.15) is 26.4 Å². The Kier molecular flexibility index (Phi) is 8.38. The number of rotatable bonds is 9. The molecule has 37 heavy (non-hydrogen) atoms. The van der Waals surface area contributed by atoms with E-state index in [1.165, 1.54) is 24.5 Å². The number of esters is 1. The number of aryl methyl sites for hydroxylation is 1. The van der Waals surface area contributed by atoms with Crippen molar-refractivity contribution in [1.82, 2.24) is 0 Å². The number of hydrogen-bond donors (Lipinski definition) is 1. The van der Waals surface area contributed by atoms with Gasteiger partial charge in [-0.05, 0) is 41.8 Å². The summed E-state index contributed by atoms with van der Waals surface area (Å²) in [7, 11) is 2.90. The molecule has 0 radical (unpaired) electrons. The van der Waals surface area contributed by atoms with Gasteiger partial charge >= 0.3 is 5.97 Å². The van der Waals surface area contributed by atoms with Crippen LogP contribution in [0.25, 0.3) is 17.2 Å². The number of amides is 1. The lowest BCUT2D eigenvalue weighted by molar-refractivity contribution is -0.111. The highest BCUT2D eigenvalue weighted by Crippen LogP contribution is 2.40. The molecule has 6 nitrogen and oxygen atoms in total. The number of nitrogens with one attached hydrogen (secondary N) is 1. The zero-order valence-electron chi connectivity index (χ0n) is 20.8. The smallest absolute Gasteiger partial charge is 0.341 e. The summed E-state index contributed by atoms with van der Waals surface area (Å²) in [6.45, 7) is 2.33. The first-order chi connectivity index (χ1) is 18.0. The molecule has 1 heterocycles. The molecule has 0 aliphatic rings. The largest absolute Gasteiger partial charge is 0.493 e. The predicted octanol–water partition coefficient (Wildman–Crippen LogP) is 6.75. The van der Waals surface area contributed by atoms with E-state index >= 15 is 0 Å². The molecule has 0 saturated carbocycles. The maximum absolute atomic E-state index is 12.8. The molecule has 0 bridgehead atoms. The van der Waals surface area contributed by atoms with Crippen LogP contribution in [0.3, 0.4) is 0 Å². The van der Waals surface area contributed by atoms with E-state index in [0.29, 0.717) is 28.7 Å². The maximum Gasteiger partial charge on any atom is 0.341 e. The number of anilines is 1. The molecule has 0 fully saturated rings. The molecular formula is C30H27NO5S. The number of thiophene rings is 1. The molecule has 0 aliphatic carbocycles. The van der Waals surface area contributed by atoms with Gasteiger partial charge in [-0.15, -0.1) is 11.3 Å². The van der Waals surface area contributed by atoms with E-state index in [0.717, 1.165) is 27.1 Å². The molecule has 188 valence electrons. The van der Waals surface area contributed by atoms with Crippen molar-refractivity contribution >= 4 is 34.3 Å². The molecule has 1 aromatic heterocycles. The monoisotopic (exact) mass is 513 g/mol. The summed E-state index contributed by atoms with van der Waals surface area (Å²) in [5.74, 6) is 0.304. The highest BCUT2D eigenvalue weighted by atomic mass is 32.1. The normalized spacial score (nSPS) is 10.8. The van der Waals surface area contributed by atoms with E-state index < -0.39 is 5.97 Å². The van der Waals surface area contributed by atoms with Crippen LogP contribution in [-0.2, 0) is 16.1 Å². The van der Waals surface area contributed by atoms with Crippen molar-refractivity contribution in [3.8, 4) is 22.6 Å². The topological polar surface area (TPSA) is 73.9 Å². The number of hydrogen-bond acceptors (Lipinski definition) is 6. The molecule has 1 N–H and O–H groups in total. The Bertz CT molecular complexity index is 1410. The van der Waals surface area contributed by atoms with E-state index in [1.54, 1.807) is 19.3 Å². The van der Waals surface area contributed by atoms with E-state index in [4.69, 9.17) is 14.2 Å². The van der Waals surface area contributed by atoms with Crippen LogP contribution in [0.2, 0.25) is 0 Å². The fraction of sp³-hybridized carbons (Fsp3) is 0.133. The molecule has 0 atom stereocenters. The van der Waals surface area contributed by atoms with E-state index in [-0.39, 0.29) is 5.91 Å². The highest BCUT2D eigenvalue weighted by molar-refractivity contribution is 7.17. The average molecular weight is 514 g/mol. The first-order valence-electron chi connectivity index (χ1n) is 11.6. The van der Waals surface area contributed by atoms with Crippen molar-refractivity contribution in [2.75, 3.05) is 19.5 Å². The maximum atomic E-state index is 12.8. The van der Waals surface area contributed by atoms with Gasteiger partial charge < -0.3 is 19.5 Å². The minimum atomic E-state index is -0.502. The zero-order valence-corrected chi connectivity index (χ0v) is 21.6. The van der Waals surface area contributed by atoms with E-state index in [2.05, 4.69) is 5.32 Å². The number of methoxy groups -OCH3 is 2. The molecule has 4 aromatic rings. The second kappa shape index (κ2) is 12.1. The summed E-state index contributed by atoms with van der Waals surface area (Å²) in [6.07, 6.45) is 3.09. The lowest BCUT2D eigenvalue weighted by Crippen LogP contribution is -2.11. The van der Waals surface area contributed by atoms with Gasteiger partial charge in [0.1, 0.15) is 17.2 Å². The number of benzene rings is 3. The number of carbonyl (C=O) groups excluding carboxylic acids is 2. The Balaban J connectivity index is 1.50. The van der Waals surface area contributed by atoms with Crippen LogP contribution >= 0.6 is 11.3 Å². The van der Waals surface area contributed by atoms with Crippen LogP contribution in [0.4, 0.5) is 5.00 Å². The van der Waals surface area contributed by atoms with Crippen molar-refractivity contribution in [2.24, 2.45) is 0 Å². The lowest BCUT2D eigenvalue weighted by Gasteiger charge is -2.11. The van der Waals surface area contributed by atoms with Gasteiger partial charge in [-0.25, -0.2) is 4.79 Å². The lowest BCUT2D eigenvalue weighted by atomic mass is 10.0. The van der Waals surface area contributed by atoms with Gasteiger partial charge in [0.25, 0.3) is 0 Å². The Morgan fingerprint density at radius 2 is 1.62 bits per heavy atom. The van der Waals surface area contributed by atoms with Crippen LogP contribution in [0.5, 0.6) is 11.5 Å². The minimum Gasteiger partial charge on any atom is -0.493 e. The molecule has 0 spiro atoms. The fourth-order valence-corrected chi connectivity index (χ4v) is 4.92. The van der Waals surface area contributed by atoms with Crippen molar-refractivity contribution in [3.05, 3.63) is 107 Å². The Morgan fingerprint density at radius 1 is 0.919 bits per heavy atom. The predicted molar refractivity (Wildman–Crippen MR) is 147 cm³/mol. The molecule has 1 amide bonds. The molecule has 3 aromatic carbocycles. The van der Waals surface area contributed by atoms with Gasteiger partial charge in [0.15, 0.2) is 11.5 Å². The second-order valence-electron chi connectivity index (χ2n) is 8.10. The Morgan fingerprint density at radius 3 is 2.30 bits per heavy atom. The van der Waals surface area contributed by atoms with Gasteiger partial charge in [0.2, 0.25) is 5.91 Å². The molecule has 0 saturated heterocycles. The van der Waals surface area contributed by atoms with Gasteiger partial charge in [-0.3, -0.25) is 4.79 Å². The van der Waals surface area contributed by atoms with Crippen molar-refractivity contribution < 1.29 is 23.8 Å². The second-order valence-corrected chi connectivity index (χ2v) is 9.33. The first kappa shape index (κ1) is 25.7. The Labute approximate surface area is 220 Å². The average Bonchev–Trinajstić information content (AvgIpc) is 3.26. The van der Waals surface area contributed by atoms with Gasteiger partial charge in [0.05, 0.1) is 14.2 Å². The SMILES string of the molecule is COC(=O)c1c(NC(=O)/C=C/c2ccc(OCc3ccccc3)c(OC)c2)sc(C)c1-c1ccccc1. The number of carbonyl (C=O) groups is 2. The van der Waals surface area contributed by atoms with Crippen LogP contribution < -0.4 is 14.8 Å². The van der Waals surface area contributed by atoms with Crippen molar-refractivity contribution in [1.29, 1.82) is 0 Å². The molecule has 7 heteroatoms. The van der Waals surface area contributed by atoms with Crippen LogP contribution in [-0.4, -0.2) is 26.1 Å². The quantitative estimate of drug-likeness (QED) is 0.198. The van der Waals surface area contributed by atoms with Gasteiger partial charge in [0, 0.05) is 16.5 Å². The summed E-state index contributed by atoms with van der Waals surface area (Å²) >= 11 is 1.34. The first-order valence-corrected chi connectivity index (χ1v) is 12.4. The standard InChI is InChI=1S/C30H27NO5S/c1-20-27(23-12-8-5-9-13-23)28(30(33)35-3)29(37-20)31-26(32)17-15-21-14-16-24(25(18-21)34-2)36-19-22-10-6-4-7-11-22/h4-18H,19H2,1-3H3,(H,31,32)/b17-15+. The van der Waals surface area contributed by atoms with Crippen molar-refractivity contribution in [2.45, 2.75) is 13.5 Å². The molecule has 4 rings (SSSR count). The summed E-state index contributed by atoms with van der Waals surface area (Å²) in [5, 5.41) is 3.29. The molecule has 0 unspecified atom stereocenters. The van der Waals surface area contributed by atoms with Crippen LogP contribution in [0.15, 0.2) is 84.9 Å². The zero-order chi connectivity index (χ0) is 26.2. The van der Waals surface area contributed by atoms with Gasteiger partial charge in [-0.1, -0.05) is 66.7 Å². The summed E-state index contributed by atoms with van der Waals surface area (Å²) in [4.78, 5) is 26.3. The number of ether oxygens (including phenoxy) is 3. The van der Waals surface area contributed by atoms with Gasteiger partial charge in [-0.2, -0.15) is 0 Å². The van der Waals surface area contributed by atoms with Crippen LogP contribution in [0, 0.1) is 6.92 Å². The third-order valence-electron chi connectivity index (χ3n) is 5.62. The summed E-state index contributed by atoms with van der Waals surface area (Å²) < 4.78 is 16.4. The summed E-state index contributed by atoms with van der Waals surface area (Å²) in [6, 6.07) is 24.9. The third kappa shape index (κ3) is 6.26. The summed E-state index contributed by atoms with van der Waals surface area (Å²) in [5.41, 5.74) is 3.80. The molecule has 0 aliphatic heterocycles. The highest BCUT2D eigenvalue weighted by Gasteiger charge is 2.24.